The molecule has 0 bridgehead atoms. The zero-order chi connectivity index (χ0) is 12.8. The number of hydrogen-bond acceptors (Lipinski definition) is 2. The van der Waals surface area contributed by atoms with Crippen LogP contribution in [0.1, 0.15) is 24.8 Å². The van der Waals surface area contributed by atoms with Gasteiger partial charge in [-0.15, -0.1) is 0 Å². The molecule has 1 aromatic carbocycles. The SMILES string of the molecule is OCC(Cc1ccc(Br)cc1)CC1CCOCC1. The number of benzene rings is 1. The summed E-state index contributed by atoms with van der Waals surface area (Å²) in [7, 11) is 0. The van der Waals surface area contributed by atoms with Crippen molar-refractivity contribution in [3.8, 4) is 0 Å². The third-order valence-corrected chi connectivity index (χ3v) is 4.23. The first kappa shape index (κ1) is 14.0. The molecular formula is C15H21BrO2. The van der Waals surface area contributed by atoms with Crippen molar-refractivity contribution in [2.75, 3.05) is 19.8 Å². The monoisotopic (exact) mass is 312 g/mol. The van der Waals surface area contributed by atoms with E-state index in [2.05, 4.69) is 40.2 Å². The summed E-state index contributed by atoms with van der Waals surface area (Å²) in [6, 6.07) is 8.41. The molecule has 0 amide bonds. The van der Waals surface area contributed by atoms with Crippen LogP contribution in [-0.2, 0) is 11.2 Å². The lowest BCUT2D eigenvalue weighted by Crippen LogP contribution is -2.21. The van der Waals surface area contributed by atoms with Crippen LogP contribution in [0.3, 0.4) is 0 Å². The van der Waals surface area contributed by atoms with Gasteiger partial charge in [0.25, 0.3) is 0 Å². The highest BCUT2D eigenvalue weighted by atomic mass is 79.9. The number of rotatable bonds is 5. The second-order valence-electron chi connectivity index (χ2n) is 5.17. The predicted octanol–water partition coefficient (Wildman–Crippen LogP) is 3.42. The molecule has 2 rings (SSSR count). The van der Waals surface area contributed by atoms with Crippen LogP contribution < -0.4 is 0 Å². The van der Waals surface area contributed by atoms with Gasteiger partial charge in [0.05, 0.1) is 0 Å². The highest BCUT2D eigenvalue weighted by Crippen LogP contribution is 2.25. The standard InChI is InChI=1S/C15H21BrO2/c16-15-3-1-12(2-4-15)9-14(11-17)10-13-5-7-18-8-6-13/h1-4,13-14,17H,5-11H2. The zero-order valence-electron chi connectivity index (χ0n) is 10.6. The topological polar surface area (TPSA) is 29.5 Å². The van der Waals surface area contributed by atoms with Gasteiger partial charge in [-0.2, -0.15) is 0 Å². The fourth-order valence-electron chi connectivity index (χ4n) is 2.63. The average Bonchev–Trinajstić information content (AvgIpc) is 2.41. The molecular weight excluding hydrogens is 292 g/mol. The number of hydrogen-bond donors (Lipinski definition) is 1. The Kier molecular flexibility index (Phi) is 5.67. The first-order valence-electron chi connectivity index (χ1n) is 6.71. The summed E-state index contributed by atoms with van der Waals surface area (Å²) in [5, 5.41) is 9.53. The van der Waals surface area contributed by atoms with Crippen LogP contribution >= 0.6 is 15.9 Å². The molecule has 1 atom stereocenters. The number of aliphatic hydroxyl groups is 1. The molecule has 1 saturated heterocycles. The van der Waals surface area contributed by atoms with Crippen LogP contribution in [0.15, 0.2) is 28.7 Å². The van der Waals surface area contributed by atoms with Crippen LogP contribution in [-0.4, -0.2) is 24.9 Å². The molecule has 3 heteroatoms. The Bertz CT molecular complexity index is 344. The Labute approximate surface area is 117 Å². The number of halogens is 1. The maximum Gasteiger partial charge on any atom is 0.0468 e. The minimum atomic E-state index is 0.285. The lowest BCUT2D eigenvalue weighted by molar-refractivity contribution is 0.0540. The molecule has 18 heavy (non-hydrogen) atoms. The quantitative estimate of drug-likeness (QED) is 0.902. The van der Waals surface area contributed by atoms with E-state index in [9.17, 15) is 5.11 Å². The van der Waals surface area contributed by atoms with E-state index < -0.39 is 0 Å². The van der Waals surface area contributed by atoms with E-state index in [1.807, 2.05) is 0 Å². The molecule has 0 spiro atoms. The van der Waals surface area contributed by atoms with Crippen molar-refractivity contribution in [3.63, 3.8) is 0 Å². The van der Waals surface area contributed by atoms with Gasteiger partial charge in [0, 0.05) is 24.3 Å². The van der Waals surface area contributed by atoms with Crippen molar-refractivity contribution in [1.82, 2.24) is 0 Å². The van der Waals surface area contributed by atoms with Crippen LogP contribution in [0.25, 0.3) is 0 Å². The Morgan fingerprint density at radius 3 is 2.50 bits per heavy atom. The smallest absolute Gasteiger partial charge is 0.0468 e. The molecule has 1 fully saturated rings. The fourth-order valence-corrected chi connectivity index (χ4v) is 2.89. The summed E-state index contributed by atoms with van der Waals surface area (Å²) in [5.74, 6) is 1.11. The largest absolute Gasteiger partial charge is 0.396 e. The van der Waals surface area contributed by atoms with Gasteiger partial charge in [-0.1, -0.05) is 28.1 Å². The Hall–Kier alpha value is -0.380. The Morgan fingerprint density at radius 2 is 1.89 bits per heavy atom. The van der Waals surface area contributed by atoms with Gasteiger partial charge < -0.3 is 9.84 Å². The molecule has 1 aliphatic rings. The summed E-state index contributed by atoms with van der Waals surface area (Å²) < 4.78 is 6.49. The van der Waals surface area contributed by atoms with Crippen molar-refractivity contribution in [3.05, 3.63) is 34.3 Å². The van der Waals surface area contributed by atoms with E-state index in [1.54, 1.807) is 0 Å². The third kappa shape index (κ3) is 4.38. The lowest BCUT2D eigenvalue weighted by Gasteiger charge is -2.25. The molecule has 0 saturated carbocycles. The van der Waals surface area contributed by atoms with Gasteiger partial charge in [0.2, 0.25) is 0 Å². The molecule has 2 nitrogen and oxygen atoms in total. The first-order valence-corrected chi connectivity index (χ1v) is 7.50. The molecule has 1 unspecified atom stereocenters. The number of ether oxygens (including phenoxy) is 1. The van der Waals surface area contributed by atoms with Crippen molar-refractivity contribution in [2.24, 2.45) is 11.8 Å². The predicted molar refractivity (Wildman–Crippen MR) is 76.6 cm³/mol. The van der Waals surface area contributed by atoms with Gasteiger partial charge in [0.1, 0.15) is 0 Å². The van der Waals surface area contributed by atoms with Crippen molar-refractivity contribution >= 4 is 15.9 Å². The second-order valence-corrected chi connectivity index (χ2v) is 6.09. The molecule has 100 valence electrons. The van der Waals surface area contributed by atoms with Crippen LogP contribution in [0.5, 0.6) is 0 Å². The molecule has 0 radical (unpaired) electrons. The van der Waals surface area contributed by atoms with E-state index in [1.165, 1.54) is 5.56 Å². The maximum absolute atomic E-state index is 9.53. The highest BCUT2D eigenvalue weighted by Gasteiger charge is 2.19. The highest BCUT2D eigenvalue weighted by molar-refractivity contribution is 9.10. The summed E-state index contributed by atoms with van der Waals surface area (Å²) in [6.07, 6.45) is 4.39. The minimum absolute atomic E-state index is 0.285. The molecule has 0 aliphatic carbocycles. The van der Waals surface area contributed by atoms with Gasteiger partial charge >= 0.3 is 0 Å². The summed E-state index contributed by atoms with van der Waals surface area (Å²) in [4.78, 5) is 0. The fraction of sp³-hybridized carbons (Fsp3) is 0.600. The van der Waals surface area contributed by atoms with Gasteiger partial charge in [0.15, 0.2) is 0 Å². The van der Waals surface area contributed by atoms with Crippen LogP contribution in [0.4, 0.5) is 0 Å². The minimum Gasteiger partial charge on any atom is -0.396 e. The van der Waals surface area contributed by atoms with Gasteiger partial charge in [-0.25, -0.2) is 0 Å². The van der Waals surface area contributed by atoms with Crippen LogP contribution in [0.2, 0.25) is 0 Å². The van der Waals surface area contributed by atoms with E-state index in [0.29, 0.717) is 5.92 Å². The van der Waals surface area contributed by atoms with E-state index in [4.69, 9.17) is 4.74 Å². The number of aliphatic hydroxyl groups excluding tert-OH is 1. The van der Waals surface area contributed by atoms with Gasteiger partial charge in [-0.05, 0) is 55.2 Å². The molecule has 0 aromatic heterocycles. The summed E-state index contributed by atoms with van der Waals surface area (Å²) in [5.41, 5.74) is 1.31. The molecule has 1 aliphatic heterocycles. The lowest BCUT2D eigenvalue weighted by atomic mass is 9.86. The van der Waals surface area contributed by atoms with Gasteiger partial charge in [-0.3, -0.25) is 0 Å². The third-order valence-electron chi connectivity index (χ3n) is 3.70. The van der Waals surface area contributed by atoms with Crippen molar-refractivity contribution in [2.45, 2.75) is 25.7 Å². The molecule has 1 N–H and O–H groups in total. The Morgan fingerprint density at radius 1 is 1.22 bits per heavy atom. The first-order chi connectivity index (χ1) is 8.78. The normalized spacial score (nSPS) is 18.8. The molecule has 1 aromatic rings. The summed E-state index contributed by atoms with van der Waals surface area (Å²) in [6.45, 7) is 2.07. The van der Waals surface area contributed by atoms with Crippen LogP contribution in [0, 0.1) is 11.8 Å². The van der Waals surface area contributed by atoms with Crippen molar-refractivity contribution < 1.29 is 9.84 Å². The van der Waals surface area contributed by atoms with E-state index in [-0.39, 0.29) is 6.61 Å². The maximum atomic E-state index is 9.53. The van der Waals surface area contributed by atoms with E-state index >= 15 is 0 Å². The summed E-state index contributed by atoms with van der Waals surface area (Å²) >= 11 is 3.45. The molecule has 1 heterocycles. The zero-order valence-corrected chi connectivity index (χ0v) is 12.2. The second kappa shape index (κ2) is 7.27. The average molecular weight is 313 g/mol. The van der Waals surface area contributed by atoms with Crippen molar-refractivity contribution in [1.29, 1.82) is 0 Å². The van der Waals surface area contributed by atoms with E-state index in [0.717, 1.165) is 49.3 Å². The Balaban J connectivity index is 1.86.